The van der Waals surface area contributed by atoms with Crippen LogP contribution in [0.5, 0.6) is 11.5 Å². The van der Waals surface area contributed by atoms with Crippen LogP contribution in [0.2, 0.25) is 0 Å². The third-order valence-corrected chi connectivity index (χ3v) is 7.37. The Balaban J connectivity index is 1.66. The van der Waals surface area contributed by atoms with E-state index in [9.17, 15) is 13.2 Å². The van der Waals surface area contributed by atoms with E-state index in [2.05, 4.69) is 0 Å². The molecule has 3 aromatic rings. The number of carbonyl (C=O) groups excluding carboxylic acids is 1. The van der Waals surface area contributed by atoms with Crippen LogP contribution in [0.25, 0.3) is 0 Å². The van der Waals surface area contributed by atoms with Crippen LogP contribution < -0.4 is 9.47 Å². The highest BCUT2D eigenvalue weighted by Crippen LogP contribution is 2.34. The van der Waals surface area contributed by atoms with Gasteiger partial charge in [0.05, 0.1) is 17.1 Å². The van der Waals surface area contributed by atoms with Gasteiger partial charge in [0.1, 0.15) is 13.2 Å². The Morgan fingerprint density at radius 1 is 0.941 bits per heavy atom. The van der Waals surface area contributed by atoms with Crippen molar-refractivity contribution in [2.75, 3.05) is 19.8 Å². The van der Waals surface area contributed by atoms with Crippen molar-refractivity contribution in [3.63, 3.8) is 0 Å². The lowest BCUT2D eigenvalue weighted by molar-refractivity contribution is 0.0526. The zero-order valence-electron chi connectivity index (χ0n) is 19.2. The average Bonchev–Trinajstić information content (AvgIpc) is 2.85. The number of hydrogen-bond acceptors (Lipinski definition) is 6. The van der Waals surface area contributed by atoms with E-state index >= 15 is 0 Å². The summed E-state index contributed by atoms with van der Waals surface area (Å²) in [6.07, 6.45) is 0. The maximum atomic E-state index is 13.8. The zero-order valence-corrected chi connectivity index (χ0v) is 20.0. The van der Waals surface area contributed by atoms with E-state index < -0.39 is 16.0 Å². The van der Waals surface area contributed by atoms with Crippen molar-refractivity contribution >= 4 is 16.0 Å². The number of fused-ring (bicyclic) bond motifs is 1. The van der Waals surface area contributed by atoms with Gasteiger partial charge in [0.2, 0.25) is 10.0 Å². The number of carbonyl (C=O) groups is 1. The van der Waals surface area contributed by atoms with Gasteiger partial charge in [-0.15, -0.1) is 0 Å². The Kier molecular flexibility index (Phi) is 7.19. The molecule has 0 fully saturated rings. The number of aryl methyl sites for hydroxylation is 1. The molecule has 0 aromatic heterocycles. The molecule has 0 N–H and O–H groups in total. The molecule has 34 heavy (non-hydrogen) atoms. The van der Waals surface area contributed by atoms with E-state index in [0.717, 1.165) is 16.7 Å². The number of ether oxygens (including phenoxy) is 3. The van der Waals surface area contributed by atoms with E-state index in [1.165, 1.54) is 16.4 Å². The van der Waals surface area contributed by atoms with Gasteiger partial charge in [-0.2, -0.15) is 4.31 Å². The van der Waals surface area contributed by atoms with Crippen molar-refractivity contribution in [1.29, 1.82) is 0 Å². The quantitative estimate of drug-likeness (QED) is 0.446. The first kappa shape index (κ1) is 23.8. The lowest BCUT2D eigenvalue weighted by Crippen LogP contribution is -2.30. The molecular formula is C26H27NO6S. The number of esters is 1. The second-order valence-electron chi connectivity index (χ2n) is 7.92. The number of benzene rings is 3. The average molecular weight is 482 g/mol. The fourth-order valence-corrected chi connectivity index (χ4v) is 5.12. The summed E-state index contributed by atoms with van der Waals surface area (Å²) in [7, 11) is -3.88. The van der Waals surface area contributed by atoms with E-state index in [1.54, 1.807) is 37.3 Å². The minimum absolute atomic E-state index is 0.133. The molecule has 0 aliphatic carbocycles. The second-order valence-corrected chi connectivity index (χ2v) is 9.86. The molecule has 0 radical (unpaired) electrons. The summed E-state index contributed by atoms with van der Waals surface area (Å²) < 4.78 is 45.1. The predicted octanol–water partition coefficient (Wildman–Crippen LogP) is 4.33. The number of rotatable bonds is 8. The van der Waals surface area contributed by atoms with Gasteiger partial charge in [0.25, 0.3) is 0 Å². The van der Waals surface area contributed by atoms with Crippen LogP contribution in [0.3, 0.4) is 0 Å². The Labute approximate surface area is 199 Å². The molecule has 0 bridgehead atoms. The van der Waals surface area contributed by atoms with E-state index in [-0.39, 0.29) is 18.0 Å². The summed E-state index contributed by atoms with van der Waals surface area (Å²) >= 11 is 0. The molecule has 0 spiro atoms. The fourth-order valence-electron chi connectivity index (χ4n) is 3.70. The lowest BCUT2D eigenvalue weighted by Gasteiger charge is -2.25. The van der Waals surface area contributed by atoms with Crippen LogP contribution in [0.1, 0.15) is 34.0 Å². The Morgan fingerprint density at radius 3 is 2.35 bits per heavy atom. The first-order valence-corrected chi connectivity index (χ1v) is 12.5. The van der Waals surface area contributed by atoms with Gasteiger partial charge >= 0.3 is 5.97 Å². The molecule has 1 aliphatic rings. The van der Waals surface area contributed by atoms with E-state index in [1.807, 2.05) is 31.2 Å². The van der Waals surface area contributed by atoms with Gasteiger partial charge in [0.15, 0.2) is 11.5 Å². The third kappa shape index (κ3) is 5.24. The monoisotopic (exact) mass is 481 g/mol. The number of hydrogen-bond donors (Lipinski definition) is 0. The van der Waals surface area contributed by atoms with Gasteiger partial charge in [-0.25, -0.2) is 13.2 Å². The molecule has 3 aromatic carbocycles. The van der Waals surface area contributed by atoms with Crippen LogP contribution in [0, 0.1) is 6.92 Å². The topological polar surface area (TPSA) is 82.1 Å². The summed E-state index contributed by atoms with van der Waals surface area (Å²) in [6, 6.07) is 19.2. The SMILES string of the molecule is CCOC(=O)c1ccc(CN(Cc2ccccc2C)S(=O)(=O)c2ccc3c(c2)OCCO3)cc1. The van der Waals surface area contributed by atoms with Crippen molar-refractivity contribution in [1.82, 2.24) is 4.31 Å². The molecule has 178 valence electrons. The van der Waals surface area contributed by atoms with E-state index in [4.69, 9.17) is 14.2 Å². The normalized spacial score (nSPS) is 13.0. The predicted molar refractivity (Wildman–Crippen MR) is 127 cm³/mol. The molecule has 1 heterocycles. The number of nitrogens with zero attached hydrogens (tertiary/aromatic N) is 1. The summed E-state index contributed by atoms with van der Waals surface area (Å²) in [5.74, 6) is 0.543. The van der Waals surface area contributed by atoms with Crippen LogP contribution in [0.15, 0.2) is 71.6 Å². The second kappa shape index (κ2) is 10.3. The zero-order chi connectivity index (χ0) is 24.1. The first-order valence-electron chi connectivity index (χ1n) is 11.1. The summed E-state index contributed by atoms with van der Waals surface area (Å²) in [4.78, 5) is 12.1. The first-order chi connectivity index (χ1) is 16.4. The Hall–Kier alpha value is -3.36. The summed E-state index contributed by atoms with van der Waals surface area (Å²) in [5, 5.41) is 0. The molecule has 0 unspecified atom stereocenters. The Morgan fingerprint density at radius 2 is 1.65 bits per heavy atom. The van der Waals surface area contributed by atoms with Crippen molar-refractivity contribution in [2.45, 2.75) is 31.8 Å². The molecule has 0 saturated carbocycles. The van der Waals surface area contributed by atoms with Crippen LogP contribution in [-0.2, 0) is 27.8 Å². The molecule has 1 aliphatic heterocycles. The summed E-state index contributed by atoms with van der Waals surface area (Å²) in [5.41, 5.74) is 3.09. The third-order valence-electron chi connectivity index (χ3n) is 5.58. The standard InChI is InChI=1S/C26H27NO6S/c1-3-31-26(28)21-10-8-20(9-11-21)17-27(18-22-7-5-4-6-19(22)2)34(29,30)23-12-13-24-25(16-23)33-15-14-32-24/h4-13,16H,3,14-15,17-18H2,1-2H3. The van der Waals surface area contributed by atoms with Crippen LogP contribution >= 0.6 is 0 Å². The van der Waals surface area contributed by atoms with Crippen molar-refractivity contribution in [2.24, 2.45) is 0 Å². The largest absolute Gasteiger partial charge is 0.486 e. The highest BCUT2D eigenvalue weighted by Gasteiger charge is 2.27. The molecule has 7 nitrogen and oxygen atoms in total. The van der Waals surface area contributed by atoms with E-state index in [0.29, 0.717) is 36.9 Å². The lowest BCUT2D eigenvalue weighted by atomic mass is 10.1. The molecule has 4 rings (SSSR count). The molecule has 0 amide bonds. The molecule has 8 heteroatoms. The van der Waals surface area contributed by atoms with Crippen molar-refractivity contribution in [3.05, 3.63) is 89.0 Å². The van der Waals surface area contributed by atoms with Crippen molar-refractivity contribution < 1.29 is 27.4 Å². The molecule has 0 atom stereocenters. The smallest absolute Gasteiger partial charge is 0.338 e. The highest BCUT2D eigenvalue weighted by molar-refractivity contribution is 7.89. The summed E-state index contributed by atoms with van der Waals surface area (Å²) in [6.45, 7) is 5.13. The minimum Gasteiger partial charge on any atom is -0.486 e. The fraction of sp³-hybridized carbons (Fsp3) is 0.269. The van der Waals surface area contributed by atoms with Crippen molar-refractivity contribution in [3.8, 4) is 11.5 Å². The van der Waals surface area contributed by atoms with Gasteiger partial charge in [-0.3, -0.25) is 0 Å². The van der Waals surface area contributed by atoms with Gasteiger partial charge in [-0.05, 0) is 54.8 Å². The molecule has 0 saturated heterocycles. The number of sulfonamides is 1. The van der Waals surface area contributed by atoms with Gasteiger partial charge < -0.3 is 14.2 Å². The van der Waals surface area contributed by atoms with Crippen LogP contribution in [-0.4, -0.2) is 38.5 Å². The maximum Gasteiger partial charge on any atom is 0.338 e. The Bertz CT molecular complexity index is 1270. The maximum absolute atomic E-state index is 13.8. The minimum atomic E-state index is -3.88. The van der Waals surface area contributed by atoms with Gasteiger partial charge in [0, 0.05) is 19.2 Å². The highest BCUT2D eigenvalue weighted by atomic mass is 32.2. The van der Waals surface area contributed by atoms with Gasteiger partial charge in [-0.1, -0.05) is 36.4 Å². The molecular weight excluding hydrogens is 454 g/mol. The van der Waals surface area contributed by atoms with Crippen LogP contribution in [0.4, 0.5) is 0 Å².